The van der Waals surface area contributed by atoms with Crippen molar-refractivity contribution < 1.29 is 4.74 Å². The Bertz CT molecular complexity index is 318. The lowest BCUT2D eigenvalue weighted by Gasteiger charge is -2.09. The first-order chi connectivity index (χ1) is 8.38. The molecule has 1 aromatic heterocycles. The van der Waals surface area contributed by atoms with Crippen LogP contribution in [-0.4, -0.2) is 29.0 Å². The van der Waals surface area contributed by atoms with Crippen LogP contribution in [0.15, 0.2) is 12.4 Å². The van der Waals surface area contributed by atoms with Crippen molar-refractivity contribution in [3.63, 3.8) is 0 Å². The zero-order chi connectivity index (χ0) is 11.9. The van der Waals surface area contributed by atoms with Gasteiger partial charge in [-0.15, -0.1) is 0 Å². The minimum atomic E-state index is 0.724. The van der Waals surface area contributed by atoms with Crippen molar-refractivity contribution in [3.05, 3.63) is 12.4 Å². The van der Waals surface area contributed by atoms with Crippen molar-refractivity contribution in [1.29, 1.82) is 0 Å². The fraction of sp³-hybridized carbons (Fsp3) is 0.769. The summed E-state index contributed by atoms with van der Waals surface area (Å²) in [7, 11) is 0. The van der Waals surface area contributed by atoms with Crippen LogP contribution in [0, 0.1) is 0 Å². The van der Waals surface area contributed by atoms with Crippen LogP contribution in [0.3, 0.4) is 0 Å². The second kappa shape index (κ2) is 6.64. The van der Waals surface area contributed by atoms with Gasteiger partial charge in [0.1, 0.15) is 0 Å². The smallest absolute Gasteiger partial charge is 0.157 e. The maximum Gasteiger partial charge on any atom is 0.157 e. The summed E-state index contributed by atoms with van der Waals surface area (Å²) in [6.07, 6.45) is 9.90. The lowest BCUT2D eigenvalue weighted by atomic mass is 10.1. The fourth-order valence-corrected chi connectivity index (χ4v) is 2.29. The van der Waals surface area contributed by atoms with Crippen LogP contribution in [0.25, 0.3) is 0 Å². The summed E-state index contributed by atoms with van der Waals surface area (Å²) in [6.45, 7) is 5.11. The highest BCUT2D eigenvalue weighted by Gasteiger charge is 2.12. The second-order valence-corrected chi connectivity index (χ2v) is 4.72. The summed E-state index contributed by atoms with van der Waals surface area (Å²) in [5.41, 5.74) is 0. The van der Waals surface area contributed by atoms with Crippen molar-refractivity contribution in [2.45, 2.75) is 51.6 Å². The molecule has 1 fully saturated rings. The molecule has 1 N–H and O–H groups in total. The fourth-order valence-electron chi connectivity index (χ4n) is 2.29. The van der Waals surface area contributed by atoms with Crippen LogP contribution in [0.2, 0.25) is 0 Å². The molecule has 1 aliphatic heterocycles. The first kappa shape index (κ1) is 12.4. The normalized spacial score (nSPS) is 19.7. The van der Waals surface area contributed by atoms with Crippen LogP contribution in [0.4, 0.5) is 0 Å². The first-order valence-electron chi connectivity index (χ1n) is 6.77. The van der Waals surface area contributed by atoms with E-state index in [9.17, 15) is 0 Å². The highest BCUT2D eigenvalue weighted by molar-refractivity contribution is 5.11. The molecule has 0 aliphatic carbocycles. The van der Waals surface area contributed by atoms with Gasteiger partial charge < -0.3 is 10.1 Å². The highest BCUT2D eigenvalue weighted by atomic mass is 16.5. The Morgan fingerprint density at radius 3 is 3.29 bits per heavy atom. The van der Waals surface area contributed by atoms with E-state index < -0.39 is 0 Å². The zero-order valence-electron chi connectivity index (χ0n) is 10.7. The molecule has 1 unspecified atom stereocenters. The quantitative estimate of drug-likeness (QED) is 0.739. The minimum Gasteiger partial charge on any atom is -0.490 e. The molecule has 17 heavy (non-hydrogen) atoms. The number of hydrogen-bond donors (Lipinski definition) is 1. The lowest BCUT2D eigenvalue weighted by molar-refractivity contribution is 0.298. The summed E-state index contributed by atoms with van der Waals surface area (Å²) in [5.74, 6) is 0.901. The predicted molar refractivity (Wildman–Crippen MR) is 68.3 cm³/mol. The number of rotatable bonds is 7. The minimum absolute atomic E-state index is 0.724. The van der Waals surface area contributed by atoms with E-state index in [2.05, 4.69) is 17.3 Å². The Labute approximate surface area is 103 Å². The number of nitrogens with zero attached hydrogens (tertiary/aromatic N) is 2. The van der Waals surface area contributed by atoms with Gasteiger partial charge >= 0.3 is 0 Å². The molecular weight excluding hydrogens is 214 g/mol. The highest BCUT2D eigenvalue weighted by Crippen LogP contribution is 2.12. The molecule has 0 spiro atoms. The van der Waals surface area contributed by atoms with Gasteiger partial charge in [-0.3, -0.25) is 4.68 Å². The molecule has 0 bridgehead atoms. The second-order valence-electron chi connectivity index (χ2n) is 4.72. The molecule has 96 valence electrons. The molecule has 2 heterocycles. The van der Waals surface area contributed by atoms with E-state index in [1.165, 1.54) is 25.8 Å². The topological polar surface area (TPSA) is 39.1 Å². The van der Waals surface area contributed by atoms with Crippen molar-refractivity contribution in [1.82, 2.24) is 15.1 Å². The predicted octanol–water partition coefficient (Wildman–Crippen LogP) is 2.20. The molecule has 1 aromatic rings. The summed E-state index contributed by atoms with van der Waals surface area (Å²) >= 11 is 0. The molecule has 0 radical (unpaired) electrons. The first-order valence-corrected chi connectivity index (χ1v) is 6.77. The Kier molecular flexibility index (Phi) is 4.86. The van der Waals surface area contributed by atoms with Crippen molar-refractivity contribution in [3.8, 4) is 5.75 Å². The zero-order valence-corrected chi connectivity index (χ0v) is 10.7. The van der Waals surface area contributed by atoms with E-state index in [-0.39, 0.29) is 0 Å². The van der Waals surface area contributed by atoms with Gasteiger partial charge in [0.05, 0.1) is 19.0 Å². The van der Waals surface area contributed by atoms with Crippen LogP contribution >= 0.6 is 0 Å². The SMILES string of the molecule is CCCn1cc(OCCCC2CCCN2)cn1. The van der Waals surface area contributed by atoms with E-state index in [0.29, 0.717) is 0 Å². The van der Waals surface area contributed by atoms with Crippen molar-refractivity contribution >= 4 is 0 Å². The summed E-state index contributed by atoms with van der Waals surface area (Å²) < 4.78 is 7.62. The average Bonchev–Trinajstić information content (AvgIpc) is 2.96. The molecule has 4 nitrogen and oxygen atoms in total. The van der Waals surface area contributed by atoms with Crippen molar-refractivity contribution in [2.24, 2.45) is 0 Å². The molecule has 0 amide bonds. The Morgan fingerprint density at radius 2 is 2.53 bits per heavy atom. The monoisotopic (exact) mass is 237 g/mol. The van der Waals surface area contributed by atoms with Gasteiger partial charge in [-0.1, -0.05) is 6.92 Å². The molecule has 1 atom stereocenters. The number of aryl methyl sites for hydroxylation is 1. The van der Waals surface area contributed by atoms with E-state index in [1.807, 2.05) is 17.1 Å². The third-order valence-corrected chi connectivity index (χ3v) is 3.19. The maximum absolute atomic E-state index is 5.68. The molecular formula is C13H23N3O. The largest absolute Gasteiger partial charge is 0.490 e. The van der Waals surface area contributed by atoms with Gasteiger partial charge in [-0.05, 0) is 38.6 Å². The lowest BCUT2D eigenvalue weighted by Crippen LogP contribution is -2.21. The summed E-state index contributed by atoms with van der Waals surface area (Å²) in [6, 6.07) is 0.724. The molecule has 0 aromatic carbocycles. The third-order valence-electron chi connectivity index (χ3n) is 3.19. The molecule has 0 saturated carbocycles. The maximum atomic E-state index is 5.68. The summed E-state index contributed by atoms with van der Waals surface area (Å²) in [4.78, 5) is 0. The van der Waals surface area contributed by atoms with Gasteiger partial charge in [0.15, 0.2) is 5.75 Å². The van der Waals surface area contributed by atoms with Gasteiger partial charge in [-0.2, -0.15) is 5.10 Å². The van der Waals surface area contributed by atoms with E-state index >= 15 is 0 Å². The van der Waals surface area contributed by atoms with Gasteiger partial charge in [0.25, 0.3) is 0 Å². The Hall–Kier alpha value is -1.03. The van der Waals surface area contributed by atoms with E-state index in [0.717, 1.165) is 37.8 Å². The van der Waals surface area contributed by atoms with Crippen LogP contribution in [-0.2, 0) is 6.54 Å². The number of ether oxygens (including phenoxy) is 1. The third kappa shape index (κ3) is 4.04. The Morgan fingerprint density at radius 1 is 1.59 bits per heavy atom. The Balaban J connectivity index is 1.60. The summed E-state index contributed by atoms with van der Waals surface area (Å²) in [5, 5.41) is 7.75. The number of aromatic nitrogens is 2. The molecule has 2 rings (SSSR count). The van der Waals surface area contributed by atoms with Gasteiger partial charge in [0, 0.05) is 12.6 Å². The van der Waals surface area contributed by atoms with Crippen LogP contribution in [0.1, 0.15) is 39.0 Å². The van der Waals surface area contributed by atoms with Crippen LogP contribution < -0.4 is 10.1 Å². The molecule has 1 aliphatic rings. The van der Waals surface area contributed by atoms with Crippen molar-refractivity contribution in [2.75, 3.05) is 13.2 Å². The number of hydrogen-bond acceptors (Lipinski definition) is 3. The van der Waals surface area contributed by atoms with E-state index in [1.54, 1.807) is 0 Å². The number of nitrogens with one attached hydrogen (secondary N) is 1. The van der Waals surface area contributed by atoms with Gasteiger partial charge in [0.2, 0.25) is 0 Å². The van der Waals surface area contributed by atoms with Crippen LogP contribution in [0.5, 0.6) is 5.75 Å². The molecule has 4 heteroatoms. The van der Waals surface area contributed by atoms with Gasteiger partial charge in [-0.25, -0.2) is 0 Å². The molecule has 1 saturated heterocycles. The average molecular weight is 237 g/mol. The standard InChI is InChI=1S/C13H23N3O/c1-2-8-16-11-13(10-15-16)17-9-4-6-12-5-3-7-14-12/h10-12,14H,2-9H2,1H3. The van der Waals surface area contributed by atoms with E-state index in [4.69, 9.17) is 4.74 Å².